The molecular formula is C19H30N4. The number of hydrogen-bond donors (Lipinski definition) is 2. The first-order valence-electron chi connectivity index (χ1n) is 8.86. The lowest BCUT2D eigenvalue weighted by atomic mass is 9.96. The molecule has 0 amide bonds. The van der Waals surface area contributed by atoms with Gasteiger partial charge in [-0.3, -0.25) is 9.89 Å². The van der Waals surface area contributed by atoms with Crippen LogP contribution in [0.3, 0.4) is 0 Å². The number of aliphatic imine (C=N–C) groups is 1. The van der Waals surface area contributed by atoms with E-state index in [0.29, 0.717) is 11.5 Å². The van der Waals surface area contributed by atoms with E-state index < -0.39 is 0 Å². The van der Waals surface area contributed by atoms with E-state index in [1.54, 1.807) is 0 Å². The first kappa shape index (κ1) is 16.3. The minimum absolute atomic E-state index is 0.315. The van der Waals surface area contributed by atoms with Crippen molar-refractivity contribution < 1.29 is 0 Å². The van der Waals surface area contributed by atoms with Crippen molar-refractivity contribution in [2.75, 3.05) is 27.2 Å². The smallest absolute Gasteiger partial charge is 0.191 e. The van der Waals surface area contributed by atoms with Gasteiger partial charge in [0.15, 0.2) is 5.96 Å². The molecule has 2 saturated carbocycles. The third kappa shape index (κ3) is 4.05. The predicted molar refractivity (Wildman–Crippen MR) is 97.0 cm³/mol. The molecular weight excluding hydrogens is 284 g/mol. The molecule has 3 rings (SSSR count). The molecule has 1 aromatic rings. The number of hydrogen-bond acceptors (Lipinski definition) is 2. The van der Waals surface area contributed by atoms with E-state index in [-0.39, 0.29) is 0 Å². The maximum absolute atomic E-state index is 4.38. The number of benzene rings is 1. The SMILES string of the molecule is CN=C(NCC(C)N(C)C1CC1)NCC1(c2ccccc2)CC1. The van der Waals surface area contributed by atoms with Gasteiger partial charge in [-0.05, 0) is 45.2 Å². The molecule has 0 aromatic heterocycles. The molecule has 2 aliphatic carbocycles. The summed E-state index contributed by atoms with van der Waals surface area (Å²) in [4.78, 5) is 6.86. The average molecular weight is 314 g/mol. The molecule has 0 radical (unpaired) electrons. The molecule has 2 aliphatic rings. The first-order chi connectivity index (χ1) is 11.1. The molecule has 126 valence electrons. The van der Waals surface area contributed by atoms with Gasteiger partial charge in [0.2, 0.25) is 0 Å². The zero-order valence-corrected chi connectivity index (χ0v) is 14.7. The van der Waals surface area contributed by atoms with Crippen LogP contribution in [-0.2, 0) is 5.41 Å². The van der Waals surface area contributed by atoms with Gasteiger partial charge in [0.1, 0.15) is 0 Å². The van der Waals surface area contributed by atoms with E-state index in [1.165, 1.54) is 31.2 Å². The highest BCUT2D eigenvalue weighted by Gasteiger charge is 2.44. The van der Waals surface area contributed by atoms with Crippen LogP contribution < -0.4 is 10.6 Å². The summed E-state index contributed by atoms with van der Waals surface area (Å²) in [6.45, 7) is 4.18. The summed E-state index contributed by atoms with van der Waals surface area (Å²) >= 11 is 0. The quantitative estimate of drug-likeness (QED) is 0.599. The Kier molecular flexibility index (Phi) is 4.90. The minimum Gasteiger partial charge on any atom is -0.356 e. The van der Waals surface area contributed by atoms with Crippen molar-refractivity contribution in [2.45, 2.75) is 50.1 Å². The van der Waals surface area contributed by atoms with Gasteiger partial charge in [0.25, 0.3) is 0 Å². The Morgan fingerprint density at radius 3 is 2.52 bits per heavy atom. The van der Waals surface area contributed by atoms with Gasteiger partial charge in [-0.1, -0.05) is 30.3 Å². The molecule has 0 aliphatic heterocycles. The van der Waals surface area contributed by atoms with Gasteiger partial charge in [-0.2, -0.15) is 0 Å². The lowest BCUT2D eigenvalue weighted by molar-refractivity contribution is 0.247. The van der Waals surface area contributed by atoms with Crippen molar-refractivity contribution in [3.05, 3.63) is 35.9 Å². The van der Waals surface area contributed by atoms with Gasteiger partial charge in [0.05, 0.1) is 0 Å². The molecule has 23 heavy (non-hydrogen) atoms. The third-order valence-corrected chi connectivity index (χ3v) is 5.44. The zero-order chi connectivity index (χ0) is 16.3. The fraction of sp³-hybridized carbons (Fsp3) is 0.632. The molecule has 0 saturated heterocycles. The Balaban J connectivity index is 1.46. The van der Waals surface area contributed by atoms with Crippen molar-refractivity contribution in [3.63, 3.8) is 0 Å². The number of rotatable bonds is 7. The second kappa shape index (κ2) is 6.91. The van der Waals surface area contributed by atoms with Crippen LogP contribution in [0.5, 0.6) is 0 Å². The fourth-order valence-corrected chi connectivity index (χ4v) is 3.21. The van der Waals surface area contributed by atoms with E-state index in [2.05, 4.69) is 64.8 Å². The fourth-order valence-electron chi connectivity index (χ4n) is 3.21. The second-order valence-electron chi connectivity index (χ2n) is 7.20. The molecule has 4 nitrogen and oxygen atoms in total. The molecule has 1 aromatic carbocycles. The van der Waals surface area contributed by atoms with E-state index in [9.17, 15) is 0 Å². The molecule has 4 heteroatoms. The average Bonchev–Trinajstić information content (AvgIpc) is 3.49. The van der Waals surface area contributed by atoms with Crippen molar-refractivity contribution in [1.29, 1.82) is 0 Å². The van der Waals surface area contributed by atoms with E-state index in [1.807, 2.05) is 7.05 Å². The maximum atomic E-state index is 4.38. The van der Waals surface area contributed by atoms with Crippen molar-refractivity contribution in [1.82, 2.24) is 15.5 Å². The highest BCUT2D eigenvalue weighted by molar-refractivity contribution is 5.79. The number of guanidine groups is 1. The Labute approximate surface area is 140 Å². The summed E-state index contributed by atoms with van der Waals surface area (Å²) in [6, 6.07) is 12.2. The van der Waals surface area contributed by atoms with Crippen molar-refractivity contribution in [2.24, 2.45) is 4.99 Å². The molecule has 2 fully saturated rings. The van der Waals surface area contributed by atoms with Crippen LogP contribution >= 0.6 is 0 Å². The number of nitrogens with one attached hydrogen (secondary N) is 2. The van der Waals surface area contributed by atoms with Crippen LogP contribution in [0.1, 0.15) is 38.2 Å². The second-order valence-corrected chi connectivity index (χ2v) is 7.20. The third-order valence-electron chi connectivity index (χ3n) is 5.44. The van der Waals surface area contributed by atoms with E-state index in [4.69, 9.17) is 0 Å². The highest BCUT2D eigenvalue weighted by Crippen LogP contribution is 2.47. The van der Waals surface area contributed by atoms with Crippen LogP contribution in [0.4, 0.5) is 0 Å². The Hall–Kier alpha value is -1.55. The van der Waals surface area contributed by atoms with E-state index >= 15 is 0 Å². The van der Waals surface area contributed by atoms with Crippen LogP contribution in [0.2, 0.25) is 0 Å². The van der Waals surface area contributed by atoms with Gasteiger partial charge in [-0.15, -0.1) is 0 Å². The van der Waals surface area contributed by atoms with Gasteiger partial charge >= 0.3 is 0 Å². The summed E-state index contributed by atoms with van der Waals surface area (Å²) in [7, 11) is 4.08. The summed E-state index contributed by atoms with van der Waals surface area (Å²) in [6.07, 6.45) is 5.24. The van der Waals surface area contributed by atoms with Crippen LogP contribution in [0, 0.1) is 0 Å². The predicted octanol–water partition coefficient (Wildman–Crippen LogP) is 2.37. The minimum atomic E-state index is 0.315. The normalized spacial score (nSPS) is 21.1. The van der Waals surface area contributed by atoms with Gasteiger partial charge in [0, 0.05) is 37.6 Å². The molecule has 2 N–H and O–H groups in total. The summed E-state index contributed by atoms with van der Waals surface area (Å²) in [5, 5.41) is 7.01. The molecule has 0 heterocycles. The molecule has 0 bridgehead atoms. The summed E-state index contributed by atoms with van der Waals surface area (Å²) < 4.78 is 0. The number of likely N-dealkylation sites (N-methyl/N-ethyl adjacent to an activating group) is 1. The Morgan fingerprint density at radius 2 is 1.96 bits per heavy atom. The maximum Gasteiger partial charge on any atom is 0.191 e. The van der Waals surface area contributed by atoms with E-state index in [0.717, 1.165) is 25.1 Å². The topological polar surface area (TPSA) is 39.7 Å². The lowest BCUT2D eigenvalue weighted by Crippen LogP contribution is -2.47. The summed E-state index contributed by atoms with van der Waals surface area (Å²) in [5.74, 6) is 0.920. The molecule has 1 unspecified atom stereocenters. The Morgan fingerprint density at radius 1 is 1.26 bits per heavy atom. The monoisotopic (exact) mass is 314 g/mol. The van der Waals surface area contributed by atoms with Gasteiger partial charge in [-0.25, -0.2) is 0 Å². The lowest BCUT2D eigenvalue weighted by Gasteiger charge is -2.26. The van der Waals surface area contributed by atoms with Crippen LogP contribution in [0.15, 0.2) is 35.3 Å². The molecule has 0 spiro atoms. The standard InChI is InChI=1S/C19H30N4/c1-15(23(3)17-9-10-17)13-21-18(20-2)22-14-19(11-12-19)16-7-5-4-6-8-16/h4-8,15,17H,9-14H2,1-3H3,(H2,20,21,22). The van der Waals surface area contributed by atoms with Crippen LogP contribution in [0.25, 0.3) is 0 Å². The first-order valence-corrected chi connectivity index (χ1v) is 8.86. The largest absolute Gasteiger partial charge is 0.356 e. The van der Waals surface area contributed by atoms with Crippen LogP contribution in [-0.4, -0.2) is 50.1 Å². The highest BCUT2D eigenvalue weighted by atomic mass is 15.2. The van der Waals surface area contributed by atoms with Crippen molar-refractivity contribution >= 4 is 5.96 Å². The van der Waals surface area contributed by atoms with Gasteiger partial charge < -0.3 is 10.6 Å². The van der Waals surface area contributed by atoms with Crippen molar-refractivity contribution in [3.8, 4) is 0 Å². The Bertz CT molecular complexity index is 532. The zero-order valence-electron chi connectivity index (χ0n) is 14.7. The summed E-state index contributed by atoms with van der Waals surface area (Å²) in [5.41, 5.74) is 1.76. The molecule has 1 atom stereocenters. The number of nitrogens with zero attached hydrogens (tertiary/aromatic N) is 2.